The van der Waals surface area contributed by atoms with E-state index in [9.17, 15) is 18.4 Å². The average Bonchev–Trinajstić information content (AvgIpc) is 3.57. The van der Waals surface area contributed by atoms with E-state index in [1.165, 1.54) is 6.08 Å². The van der Waals surface area contributed by atoms with Gasteiger partial charge in [-0.1, -0.05) is 50.2 Å². The van der Waals surface area contributed by atoms with Gasteiger partial charge in [0.15, 0.2) is 29.0 Å². The number of benzene rings is 3. The Kier molecular flexibility index (Phi) is 5.41. The van der Waals surface area contributed by atoms with Crippen LogP contribution in [0.25, 0.3) is 17.5 Å². The molecule has 41 heavy (non-hydrogen) atoms. The fourth-order valence-corrected chi connectivity index (χ4v) is 5.69. The highest BCUT2D eigenvalue weighted by Gasteiger charge is 2.41. The molecule has 7 heteroatoms. The second-order valence-electron chi connectivity index (χ2n) is 10.6. The molecule has 0 saturated heterocycles. The highest BCUT2D eigenvalue weighted by molar-refractivity contribution is 6.41. The van der Waals surface area contributed by atoms with Crippen LogP contribution in [0.4, 0.5) is 25.8 Å². The van der Waals surface area contributed by atoms with Crippen molar-refractivity contribution >= 4 is 34.7 Å². The van der Waals surface area contributed by atoms with Crippen LogP contribution >= 0.6 is 0 Å². The van der Waals surface area contributed by atoms with Gasteiger partial charge in [-0.3, -0.25) is 14.6 Å². The molecule has 2 aromatic heterocycles. The Labute approximate surface area is 234 Å². The molecule has 0 spiro atoms. The van der Waals surface area contributed by atoms with Crippen molar-refractivity contribution in [1.82, 2.24) is 4.98 Å². The lowest BCUT2D eigenvalue weighted by molar-refractivity contribution is 0.0990. The first-order chi connectivity index (χ1) is 19.7. The van der Waals surface area contributed by atoms with Gasteiger partial charge in [0.1, 0.15) is 11.5 Å². The zero-order valence-corrected chi connectivity index (χ0v) is 22.1. The van der Waals surface area contributed by atoms with Crippen LogP contribution in [-0.4, -0.2) is 16.6 Å². The molecule has 0 N–H and O–H groups in total. The summed E-state index contributed by atoms with van der Waals surface area (Å²) in [5, 5.41) is 0. The number of carbonyl (C=O) groups is 2. The van der Waals surface area contributed by atoms with E-state index in [-0.39, 0.29) is 16.7 Å². The molecule has 3 aromatic carbocycles. The van der Waals surface area contributed by atoms with Crippen molar-refractivity contribution in [3.63, 3.8) is 0 Å². The van der Waals surface area contributed by atoms with Gasteiger partial charge in [0.05, 0.1) is 17.5 Å². The van der Waals surface area contributed by atoms with E-state index >= 15 is 0 Å². The van der Waals surface area contributed by atoms with Crippen LogP contribution in [0.1, 0.15) is 51.5 Å². The third-order valence-electron chi connectivity index (χ3n) is 7.80. The molecule has 0 radical (unpaired) electrons. The average molecular weight is 545 g/mol. The Morgan fingerprint density at radius 3 is 1.88 bits per heavy atom. The Balaban J connectivity index is 1.29. The molecule has 2 aliphatic carbocycles. The molecular formula is C34H22F2N2O3. The van der Waals surface area contributed by atoms with Crippen molar-refractivity contribution < 1.29 is 22.8 Å². The monoisotopic (exact) mass is 544 g/mol. The number of pyridine rings is 1. The SMILES string of the molecule is CC1(C)c2cc(N(c3ccccc3)c3ccccc3)cnc2-c2oc(C=C3C(=O)c4cc(F)c(F)cc4C3=O)cc21. The number of ketones is 2. The van der Waals surface area contributed by atoms with Crippen LogP contribution in [0, 0.1) is 11.6 Å². The summed E-state index contributed by atoms with van der Waals surface area (Å²) in [5.74, 6) is -2.83. The zero-order chi connectivity index (χ0) is 28.5. The van der Waals surface area contributed by atoms with Gasteiger partial charge in [-0.2, -0.15) is 0 Å². The van der Waals surface area contributed by atoms with E-state index < -0.39 is 28.6 Å². The number of halogens is 2. The standard InChI is InChI=1S/C34H22F2N2O3/c1-34(2)26-13-21(38(19-9-5-3-6-10-19)20-11-7-4-8-12-20)18-37-30(26)33-27(34)15-22(41-33)14-25-31(39)23-16-28(35)29(36)17-24(23)32(25)40/h3-18H,1-2H3. The smallest absolute Gasteiger partial charge is 0.197 e. The Morgan fingerprint density at radius 1 is 0.756 bits per heavy atom. The van der Waals surface area contributed by atoms with Gasteiger partial charge in [0.2, 0.25) is 0 Å². The third kappa shape index (κ3) is 3.77. The summed E-state index contributed by atoms with van der Waals surface area (Å²) in [4.78, 5) is 32.7. The number of aromatic nitrogens is 1. The maximum atomic E-state index is 13.7. The van der Waals surface area contributed by atoms with Crippen molar-refractivity contribution in [2.75, 3.05) is 4.90 Å². The highest BCUT2D eigenvalue weighted by atomic mass is 19.2. The highest BCUT2D eigenvalue weighted by Crippen LogP contribution is 2.51. The number of allylic oxidation sites excluding steroid dienone is 1. The molecule has 0 saturated carbocycles. The molecule has 7 rings (SSSR count). The van der Waals surface area contributed by atoms with E-state index in [1.807, 2.05) is 60.7 Å². The fraction of sp³-hybridized carbons (Fsp3) is 0.0882. The minimum atomic E-state index is -1.18. The maximum absolute atomic E-state index is 13.7. The molecule has 0 atom stereocenters. The molecule has 2 aliphatic rings. The number of para-hydroxylation sites is 2. The molecule has 0 fully saturated rings. The second-order valence-corrected chi connectivity index (χ2v) is 10.6. The molecule has 200 valence electrons. The normalized spacial score (nSPS) is 14.6. The van der Waals surface area contributed by atoms with E-state index in [2.05, 4.69) is 24.8 Å². The second kappa shape index (κ2) is 8.93. The quantitative estimate of drug-likeness (QED) is 0.169. The number of Topliss-reactive ketones (excluding diaryl/α,β-unsaturated/α-hetero) is 2. The Morgan fingerprint density at radius 2 is 1.32 bits per heavy atom. The van der Waals surface area contributed by atoms with Crippen molar-refractivity contribution in [1.29, 1.82) is 0 Å². The lowest BCUT2D eigenvalue weighted by Gasteiger charge is -2.27. The van der Waals surface area contributed by atoms with Crippen LogP contribution in [-0.2, 0) is 5.41 Å². The summed E-state index contributed by atoms with van der Waals surface area (Å²) >= 11 is 0. The number of nitrogens with zero attached hydrogens (tertiary/aromatic N) is 2. The van der Waals surface area contributed by atoms with Gasteiger partial charge in [0.25, 0.3) is 0 Å². The van der Waals surface area contributed by atoms with Gasteiger partial charge >= 0.3 is 0 Å². The summed E-state index contributed by atoms with van der Waals surface area (Å²) in [7, 11) is 0. The molecule has 2 heterocycles. The number of carbonyl (C=O) groups excluding carboxylic acids is 2. The topological polar surface area (TPSA) is 63.4 Å². The minimum absolute atomic E-state index is 0.152. The molecular weight excluding hydrogens is 522 g/mol. The molecule has 0 bridgehead atoms. The Bertz CT molecular complexity index is 1840. The number of anilines is 3. The maximum Gasteiger partial charge on any atom is 0.197 e. The van der Waals surface area contributed by atoms with E-state index in [0.29, 0.717) is 17.2 Å². The van der Waals surface area contributed by atoms with Crippen LogP contribution < -0.4 is 4.90 Å². The molecule has 5 aromatic rings. The zero-order valence-electron chi connectivity index (χ0n) is 22.1. The Hall–Kier alpha value is -5.17. The van der Waals surface area contributed by atoms with Gasteiger partial charge in [-0.15, -0.1) is 0 Å². The van der Waals surface area contributed by atoms with Crippen molar-refractivity contribution in [3.8, 4) is 11.5 Å². The summed E-state index contributed by atoms with van der Waals surface area (Å²) in [5.41, 5.74) is 4.40. The first-order valence-corrected chi connectivity index (χ1v) is 13.1. The van der Waals surface area contributed by atoms with Crippen molar-refractivity contribution in [2.45, 2.75) is 19.3 Å². The first-order valence-electron chi connectivity index (χ1n) is 13.1. The van der Waals surface area contributed by atoms with Crippen LogP contribution in [0.15, 0.2) is 101 Å². The van der Waals surface area contributed by atoms with Gasteiger partial charge < -0.3 is 9.32 Å². The minimum Gasteiger partial charge on any atom is -0.455 e. The van der Waals surface area contributed by atoms with E-state index in [4.69, 9.17) is 9.40 Å². The molecule has 5 nitrogen and oxygen atoms in total. The van der Waals surface area contributed by atoms with E-state index in [1.54, 1.807) is 12.3 Å². The summed E-state index contributed by atoms with van der Waals surface area (Å²) in [6, 6.07) is 25.5. The fourth-order valence-electron chi connectivity index (χ4n) is 5.69. The number of rotatable bonds is 4. The van der Waals surface area contributed by atoms with Gasteiger partial charge in [-0.05, 0) is 60.2 Å². The largest absolute Gasteiger partial charge is 0.455 e. The molecule has 0 aliphatic heterocycles. The molecule has 0 amide bonds. The molecule has 0 unspecified atom stereocenters. The summed E-state index contributed by atoms with van der Waals surface area (Å²) in [6.07, 6.45) is 3.14. The lowest BCUT2D eigenvalue weighted by atomic mass is 9.83. The van der Waals surface area contributed by atoms with E-state index in [0.717, 1.165) is 40.3 Å². The lowest BCUT2D eigenvalue weighted by Crippen LogP contribution is -2.16. The number of hydrogen-bond acceptors (Lipinski definition) is 5. The third-order valence-corrected chi connectivity index (χ3v) is 7.80. The number of furan rings is 1. The van der Waals surface area contributed by atoms with Gasteiger partial charge in [-0.25, -0.2) is 8.78 Å². The summed E-state index contributed by atoms with van der Waals surface area (Å²) < 4.78 is 33.7. The van der Waals surface area contributed by atoms with Crippen LogP contribution in [0.5, 0.6) is 0 Å². The van der Waals surface area contributed by atoms with Crippen LogP contribution in [0.3, 0.4) is 0 Å². The van der Waals surface area contributed by atoms with Crippen molar-refractivity contribution in [3.05, 3.63) is 136 Å². The predicted octanol–water partition coefficient (Wildman–Crippen LogP) is 8.19. The van der Waals surface area contributed by atoms with Gasteiger partial charge in [0, 0.05) is 33.5 Å². The summed E-state index contributed by atoms with van der Waals surface area (Å²) in [6.45, 7) is 4.14. The first kappa shape index (κ1) is 24.8. The van der Waals surface area contributed by atoms with Crippen molar-refractivity contribution in [2.24, 2.45) is 0 Å². The predicted molar refractivity (Wildman–Crippen MR) is 152 cm³/mol. The van der Waals surface area contributed by atoms with Crippen LogP contribution in [0.2, 0.25) is 0 Å². The number of fused-ring (bicyclic) bond motifs is 4. The number of hydrogen-bond donors (Lipinski definition) is 0.